The smallest absolute Gasteiger partial charge is 0.266 e. The lowest BCUT2D eigenvalue weighted by molar-refractivity contribution is 0.574. The predicted octanol–water partition coefficient (Wildman–Crippen LogP) is 3.78. The Kier molecular flexibility index (Phi) is 3.05. The minimum atomic E-state index is -0.366. The Morgan fingerprint density at radius 2 is 1.74 bits per heavy atom. The van der Waals surface area contributed by atoms with Crippen LogP contribution in [0.2, 0.25) is 0 Å². The van der Waals surface area contributed by atoms with Gasteiger partial charge in [-0.15, -0.1) is 0 Å². The SMILES string of the molecule is O=c1c2ccccc2nc(-c2ccco2)n1-c1ccc(F)cc1. The molecule has 4 nitrogen and oxygen atoms in total. The van der Waals surface area contributed by atoms with Gasteiger partial charge in [0.05, 0.1) is 22.9 Å². The fourth-order valence-electron chi connectivity index (χ4n) is 2.53. The van der Waals surface area contributed by atoms with Crippen molar-refractivity contribution in [3.63, 3.8) is 0 Å². The van der Waals surface area contributed by atoms with E-state index in [1.165, 1.54) is 23.0 Å². The van der Waals surface area contributed by atoms with Crippen molar-refractivity contribution in [2.45, 2.75) is 0 Å². The normalized spacial score (nSPS) is 11.0. The number of hydrogen-bond donors (Lipinski definition) is 0. The molecule has 0 unspecified atom stereocenters. The highest BCUT2D eigenvalue weighted by molar-refractivity contribution is 5.79. The van der Waals surface area contributed by atoms with Crippen LogP contribution in [0.15, 0.2) is 76.1 Å². The Morgan fingerprint density at radius 1 is 0.957 bits per heavy atom. The molecule has 0 radical (unpaired) electrons. The van der Waals surface area contributed by atoms with E-state index in [0.717, 1.165) is 0 Å². The van der Waals surface area contributed by atoms with Crippen molar-refractivity contribution < 1.29 is 8.81 Å². The molecular weight excluding hydrogens is 295 g/mol. The van der Waals surface area contributed by atoms with E-state index in [1.807, 2.05) is 6.07 Å². The quantitative estimate of drug-likeness (QED) is 0.566. The van der Waals surface area contributed by atoms with Crippen molar-refractivity contribution in [1.82, 2.24) is 9.55 Å². The summed E-state index contributed by atoms with van der Waals surface area (Å²) < 4.78 is 20.1. The summed E-state index contributed by atoms with van der Waals surface area (Å²) in [6.07, 6.45) is 1.52. The molecule has 0 amide bonds. The Labute approximate surface area is 130 Å². The second-order valence-electron chi connectivity index (χ2n) is 5.05. The monoisotopic (exact) mass is 306 g/mol. The number of fused-ring (bicyclic) bond motifs is 1. The zero-order chi connectivity index (χ0) is 15.8. The summed E-state index contributed by atoms with van der Waals surface area (Å²) in [5, 5.41) is 0.493. The zero-order valence-corrected chi connectivity index (χ0v) is 11.9. The molecule has 0 saturated carbocycles. The molecule has 0 N–H and O–H groups in total. The first kappa shape index (κ1) is 13.5. The van der Waals surface area contributed by atoms with Gasteiger partial charge >= 0.3 is 0 Å². The Hall–Kier alpha value is -3.21. The fraction of sp³-hybridized carbons (Fsp3) is 0. The van der Waals surface area contributed by atoms with Gasteiger partial charge in [-0.3, -0.25) is 9.36 Å². The summed E-state index contributed by atoms with van der Waals surface area (Å²) in [6, 6.07) is 16.3. The molecule has 4 rings (SSSR count). The van der Waals surface area contributed by atoms with Crippen LogP contribution in [0.4, 0.5) is 4.39 Å². The van der Waals surface area contributed by atoms with E-state index in [1.54, 1.807) is 42.5 Å². The summed E-state index contributed by atoms with van der Waals surface area (Å²) in [4.78, 5) is 17.5. The highest BCUT2D eigenvalue weighted by Gasteiger charge is 2.16. The lowest BCUT2D eigenvalue weighted by Crippen LogP contribution is -2.21. The number of benzene rings is 2. The topological polar surface area (TPSA) is 48.0 Å². The molecular formula is C18H11FN2O2. The number of hydrogen-bond acceptors (Lipinski definition) is 3. The lowest BCUT2D eigenvalue weighted by atomic mass is 10.2. The van der Waals surface area contributed by atoms with Crippen LogP contribution in [0.1, 0.15) is 0 Å². The fourth-order valence-corrected chi connectivity index (χ4v) is 2.53. The van der Waals surface area contributed by atoms with E-state index in [4.69, 9.17) is 4.42 Å². The van der Waals surface area contributed by atoms with E-state index in [2.05, 4.69) is 4.98 Å². The zero-order valence-electron chi connectivity index (χ0n) is 11.9. The molecule has 112 valence electrons. The Balaban J connectivity index is 2.11. The van der Waals surface area contributed by atoms with E-state index >= 15 is 0 Å². The molecule has 2 aromatic carbocycles. The van der Waals surface area contributed by atoms with Gasteiger partial charge in [0.1, 0.15) is 5.82 Å². The molecule has 2 heterocycles. The third kappa shape index (κ3) is 2.23. The van der Waals surface area contributed by atoms with Gasteiger partial charge < -0.3 is 4.42 Å². The van der Waals surface area contributed by atoms with Crippen molar-refractivity contribution in [3.05, 3.63) is 83.1 Å². The van der Waals surface area contributed by atoms with Gasteiger partial charge in [-0.2, -0.15) is 0 Å². The van der Waals surface area contributed by atoms with Gasteiger partial charge in [0, 0.05) is 0 Å². The number of furan rings is 1. The van der Waals surface area contributed by atoms with E-state index in [-0.39, 0.29) is 11.4 Å². The summed E-state index contributed by atoms with van der Waals surface area (Å²) in [5.74, 6) is 0.484. The molecule has 0 saturated heterocycles. The Morgan fingerprint density at radius 3 is 2.48 bits per heavy atom. The lowest BCUT2D eigenvalue weighted by Gasteiger charge is -2.12. The van der Waals surface area contributed by atoms with Crippen LogP contribution in [0.25, 0.3) is 28.2 Å². The molecule has 0 aliphatic heterocycles. The molecule has 0 aliphatic carbocycles. The van der Waals surface area contributed by atoms with Gasteiger partial charge in [-0.1, -0.05) is 12.1 Å². The molecule has 23 heavy (non-hydrogen) atoms. The largest absolute Gasteiger partial charge is 0.461 e. The molecule has 0 aliphatic rings. The maximum absolute atomic E-state index is 13.2. The second kappa shape index (κ2) is 5.21. The number of aromatic nitrogens is 2. The van der Waals surface area contributed by atoms with Crippen LogP contribution >= 0.6 is 0 Å². The first-order valence-corrected chi connectivity index (χ1v) is 7.06. The summed E-state index contributed by atoms with van der Waals surface area (Å²) in [5.41, 5.74) is 0.886. The van der Waals surface area contributed by atoms with Crippen LogP contribution in [0, 0.1) is 5.82 Å². The molecule has 0 fully saturated rings. The van der Waals surface area contributed by atoms with Crippen molar-refractivity contribution in [1.29, 1.82) is 0 Å². The maximum atomic E-state index is 13.2. The van der Waals surface area contributed by atoms with Gasteiger partial charge in [-0.25, -0.2) is 9.37 Å². The van der Waals surface area contributed by atoms with Gasteiger partial charge in [0.15, 0.2) is 11.6 Å². The number of para-hydroxylation sites is 1. The molecule has 2 aromatic heterocycles. The third-order valence-corrected chi connectivity index (χ3v) is 3.60. The van der Waals surface area contributed by atoms with Crippen LogP contribution in [-0.2, 0) is 0 Å². The highest BCUT2D eigenvalue weighted by Crippen LogP contribution is 2.22. The standard InChI is InChI=1S/C18H11FN2O2/c19-12-7-9-13(10-8-12)21-17(16-6-3-11-23-16)20-15-5-2-1-4-14(15)18(21)22/h1-11H. The predicted molar refractivity (Wildman–Crippen MR) is 85.0 cm³/mol. The summed E-state index contributed by atoms with van der Waals surface area (Å²) in [6.45, 7) is 0. The van der Waals surface area contributed by atoms with Crippen molar-refractivity contribution in [3.8, 4) is 17.3 Å². The number of halogens is 1. The van der Waals surface area contributed by atoms with Crippen LogP contribution in [0.3, 0.4) is 0 Å². The van der Waals surface area contributed by atoms with Crippen LogP contribution < -0.4 is 5.56 Å². The van der Waals surface area contributed by atoms with Crippen LogP contribution in [-0.4, -0.2) is 9.55 Å². The van der Waals surface area contributed by atoms with Gasteiger partial charge in [-0.05, 0) is 48.5 Å². The second-order valence-corrected chi connectivity index (χ2v) is 5.05. The molecule has 0 spiro atoms. The van der Waals surface area contributed by atoms with Gasteiger partial charge in [0.25, 0.3) is 5.56 Å². The van der Waals surface area contributed by atoms with Crippen molar-refractivity contribution in [2.75, 3.05) is 0 Å². The van der Waals surface area contributed by atoms with Crippen molar-refractivity contribution in [2.24, 2.45) is 0 Å². The average Bonchev–Trinajstić information content (AvgIpc) is 3.10. The third-order valence-electron chi connectivity index (χ3n) is 3.60. The minimum Gasteiger partial charge on any atom is -0.461 e. The van der Waals surface area contributed by atoms with E-state index < -0.39 is 0 Å². The summed E-state index contributed by atoms with van der Waals surface area (Å²) >= 11 is 0. The van der Waals surface area contributed by atoms with Gasteiger partial charge in [0.2, 0.25) is 0 Å². The Bertz CT molecular complexity index is 1040. The first-order valence-electron chi connectivity index (χ1n) is 7.06. The number of nitrogens with zero attached hydrogens (tertiary/aromatic N) is 2. The average molecular weight is 306 g/mol. The van der Waals surface area contributed by atoms with E-state index in [0.29, 0.717) is 28.2 Å². The maximum Gasteiger partial charge on any atom is 0.266 e. The van der Waals surface area contributed by atoms with Crippen LogP contribution in [0.5, 0.6) is 0 Å². The van der Waals surface area contributed by atoms with Crippen molar-refractivity contribution >= 4 is 10.9 Å². The molecule has 0 bridgehead atoms. The van der Waals surface area contributed by atoms with E-state index in [9.17, 15) is 9.18 Å². The minimum absolute atomic E-state index is 0.228. The molecule has 0 atom stereocenters. The number of rotatable bonds is 2. The molecule has 4 aromatic rings. The summed E-state index contributed by atoms with van der Waals surface area (Å²) in [7, 11) is 0. The highest BCUT2D eigenvalue weighted by atomic mass is 19.1. The first-order chi connectivity index (χ1) is 11.2. The molecule has 5 heteroatoms.